The average Bonchev–Trinajstić information content (AvgIpc) is 3.04. The number of nitrogens with two attached hydrogens (primary N) is 1. The molecule has 1 aliphatic heterocycles. The number of aromatic nitrogens is 3. The standard InChI is InChI=1S/C20H29N5/c1-24-12-8-17(9-13-24)25-18-6-2-4-15(7-10-21)19(18)20(23-25)16-5-3-11-22-14-16/h3,5,11,14-15,17H,2,4,6-10,12-13,21H2,1H3. The minimum Gasteiger partial charge on any atom is -0.330 e. The largest absolute Gasteiger partial charge is 0.330 e. The van der Waals surface area contributed by atoms with Crippen LogP contribution in [0.5, 0.6) is 0 Å². The van der Waals surface area contributed by atoms with Crippen molar-refractivity contribution in [1.82, 2.24) is 19.7 Å². The maximum absolute atomic E-state index is 5.93. The summed E-state index contributed by atoms with van der Waals surface area (Å²) in [6.45, 7) is 3.07. The molecular weight excluding hydrogens is 310 g/mol. The summed E-state index contributed by atoms with van der Waals surface area (Å²) in [5.74, 6) is 0.545. The van der Waals surface area contributed by atoms with Crippen molar-refractivity contribution < 1.29 is 0 Å². The molecule has 5 nitrogen and oxygen atoms in total. The summed E-state index contributed by atoms with van der Waals surface area (Å²) in [7, 11) is 2.22. The number of hydrogen-bond acceptors (Lipinski definition) is 4. The van der Waals surface area contributed by atoms with Crippen molar-refractivity contribution in [2.45, 2.75) is 50.5 Å². The van der Waals surface area contributed by atoms with E-state index in [2.05, 4.69) is 27.7 Å². The Morgan fingerprint density at radius 2 is 2.08 bits per heavy atom. The van der Waals surface area contributed by atoms with Crippen molar-refractivity contribution >= 4 is 0 Å². The van der Waals surface area contributed by atoms with E-state index in [-0.39, 0.29) is 0 Å². The van der Waals surface area contributed by atoms with E-state index < -0.39 is 0 Å². The lowest BCUT2D eigenvalue weighted by Gasteiger charge is -2.31. The van der Waals surface area contributed by atoms with Gasteiger partial charge in [0.1, 0.15) is 0 Å². The van der Waals surface area contributed by atoms with Crippen molar-refractivity contribution in [3.63, 3.8) is 0 Å². The molecular formula is C20H29N5. The molecule has 2 N–H and O–H groups in total. The number of nitrogens with zero attached hydrogens (tertiary/aromatic N) is 4. The highest BCUT2D eigenvalue weighted by molar-refractivity contribution is 5.64. The summed E-state index contributed by atoms with van der Waals surface area (Å²) in [6.07, 6.45) is 10.9. The lowest BCUT2D eigenvalue weighted by molar-refractivity contribution is 0.209. The predicted molar refractivity (Wildman–Crippen MR) is 101 cm³/mol. The van der Waals surface area contributed by atoms with Gasteiger partial charge >= 0.3 is 0 Å². The summed E-state index contributed by atoms with van der Waals surface area (Å²) >= 11 is 0. The monoisotopic (exact) mass is 339 g/mol. The van der Waals surface area contributed by atoms with Crippen LogP contribution in [0.4, 0.5) is 0 Å². The lowest BCUT2D eigenvalue weighted by Crippen LogP contribution is -2.32. The smallest absolute Gasteiger partial charge is 0.0976 e. The van der Waals surface area contributed by atoms with E-state index in [4.69, 9.17) is 10.8 Å². The number of likely N-dealkylation sites (tertiary alicyclic amines) is 1. The van der Waals surface area contributed by atoms with Gasteiger partial charge in [-0.15, -0.1) is 0 Å². The van der Waals surface area contributed by atoms with Gasteiger partial charge in [-0.25, -0.2) is 0 Å². The van der Waals surface area contributed by atoms with E-state index in [0.717, 1.165) is 43.7 Å². The molecule has 1 atom stereocenters. The fraction of sp³-hybridized carbons (Fsp3) is 0.600. The minimum absolute atomic E-state index is 0.534. The summed E-state index contributed by atoms with van der Waals surface area (Å²) in [5.41, 5.74) is 11.2. The zero-order valence-electron chi connectivity index (χ0n) is 15.2. The molecule has 1 saturated heterocycles. The Hall–Kier alpha value is -1.72. The quantitative estimate of drug-likeness (QED) is 0.930. The van der Waals surface area contributed by atoms with Gasteiger partial charge in [0.25, 0.3) is 0 Å². The maximum atomic E-state index is 5.93. The minimum atomic E-state index is 0.534. The Balaban J connectivity index is 1.78. The normalized spacial score (nSPS) is 22.1. The van der Waals surface area contributed by atoms with Crippen LogP contribution in [0.1, 0.15) is 55.3 Å². The topological polar surface area (TPSA) is 60.0 Å². The van der Waals surface area contributed by atoms with Gasteiger partial charge < -0.3 is 10.6 Å². The first kappa shape index (κ1) is 16.7. The van der Waals surface area contributed by atoms with Crippen LogP contribution in [-0.2, 0) is 6.42 Å². The molecule has 25 heavy (non-hydrogen) atoms. The molecule has 134 valence electrons. The highest BCUT2D eigenvalue weighted by Crippen LogP contribution is 2.41. The van der Waals surface area contributed by atoms with Crippen LogP contribution >= 0.6 is 0 Å². The van der Waals surface area contributed by atoms with E-state index in [9.17, 15) is 0 Å². The van der Waals surface area contributed by atoms with Crippen LogP contribution in [0.25, 0.3) is 11.3 Å². The van der Waals surface area contributed by atoms with Crippen molar-refractivity contribution in [3.8, 4) is 11.3 Å². The molecule has 0 radical (unpaired) electrons. The summed E-state index contributed by atoms with van der Waals surface area (Å²) in [5, 5.41) is 5.16. The van der Waals surface area contributed by atoms with Crippen LogP contribution in [-0.4, -0.2) is 46.3 Å². The number of rotatable bonds is 4. The fourth-order valence-electron chi connectivity index (χ4n) is 4.57. The second kappa shape index (κ2) is 7.26. The number of piperidine rings is 1. The first-order valence-electron chi connectivity index (χ1n) is 9.68. The van der Waals surface area contributed by atoms with E-state index in [1.54, 1.807) is 0 Å². The third-order valence-electron chi connectivity index (χ3n) is 5.91. The molecule has 3 heterocycles. The lowest BCUT2D eigenvalue weighted by atomic mass is 9.82. The molecule has 4 rings (SSSR count). The number of pyridine rings is 1. The first-order valence-corrected chi connectivity index (χ1v) is 9.68. The predicted octanol–water partition coefficient (Wildman–Crippen LogP) is 2.98. The molecule has 2 aromatic heterocycles. The van der Waals surface area contributed by atoms with Gasteiger partial charge in [-0.2, -0.15) is 5.10 Å². The van der Waals surface area contributed by atoms with E-state index in [1.165, 1.54) is 36.9 Å². The van der Waals surface area contributed by atoms with Gasteiger partial charge in [-0.3, -0.25) is 9.67 Å². The molecule has 0 bridgehead atoms. The molecule has 2 aromatic rings. The maximum Gasteiger partial charge on any atom is 0.0976 e. The van der Waals surface area contributed by atoms with E-state index in [0.29, 0.717) is 12.0 Å². The van der Waals surface area contributed by atoms with Gasteiger partial charge in [-0.05, 0) is 83.3 Å². The molecule has 0 saturated carbocycles. The van der Waals surface area contributed by atoms with Gasteiger partial charge in [-0.1, -0.05) is 0 Å². The highest BCUT2D eigenvalue weighted by Gasteiger charge is 2.31. The zero-order chi connectivity index (χ0) is 17.2. The van der Waals surface area contributed by atoms with Crippen molar-refractivity contribution in [2.75, 3.05) is 26.7 Å². The fourth-order valence-corrected chi connectivity index (χ4v) is 4.57. The molecule has 1 unspecified atom stereocenters. The third-order valence-corrected chi connectivity index (χ3v) is 5.91. The Morgan fingerprint density at radius 3 is 2.80 bits per heavy atom. The van der Waals surface area contributed by atoms with Crippen LogP contribution in [0.3, 0.4) is 0 Å². The van der Waals surface area contributed by atoms with Crippen LogP contribution < -0.4 is 5.73 Å². The first-order chi connectivity index (χ1) is 12.3. The SMILES string of the molecule is CN1CCC(n2nc(-c3cccnc3)c3c2CCCC3CCN)CC1. The summed E-state index contributed by atoms with van der Waals surface area (Å²) in [4.78, 5) is 6.75. The second-order valence-electron chi connectivity index (χ2n) is 7.60. The Bertz CT molecular complexity index is 700. The molecule has 0 spiro atoms. The zero-order valence-corrected chi connectivity index (χ0v) is 15.2. The van der Waals surface area contributed by atoms with Gasteiger partial charge in [0.15, 0.2) is 0 Å². The Labute approximate surface area is 150 Å². The van der Waals surface area contributed by atoms with Crippen molar-refractivity contribution in [1.29, 1.82) is 0 Å². The number of fused-ring (bicyclic) bond motifs is 1. The van der Waals surface area contributed by atoms with Crippen LogP contribution in [0, 0.1) is 0 Å². The van der Waals surface area contributed by atoms with Crippen molar-refractivity contribution in [3.05, 3.63) is 35.8 Å². The Kier molecular flexibility index (Phi) is 4.86. The molecule has 0 aromatic carbocycles. The average molecular weight is 339 g/mol. The van der Waals surface area contributed by atoms with E-state index >= 15 is 0 Å². The van der Waals surface area contributed by atoms with Gasteiger partial charge in [0.2, 0.25) is 0 Å². The molecule has 5 heteroatoms. The van der Waals surface area contributed by atoms with Crippen LogP contribution in [0.15, 0.2) is 24.5 Å². The highest BCUT2D eigenvalue weighted by atomic mass is 15.3. The van der Waals surface area contributed by atoms with Crippen LogP contribution in [0.2, 0.25) is 0 Å². The van der Waals surface area contributed by atoms with Gasteiger partial charge in [0.05, 0.1) is 11.7 Å². The molecule has 0 amide bonds. The molecule has 1 aliphatic carbocycles. The Morgan fingerprint density at radius 1 is 1.24 bits per heavy atom. The van der Waals surface area contributed by atoms with Crippen molar-refractivity contribution in [2.24, 2.45) is 5.73 Å². The third kappa shape index (κ3) is 3.23. The molecule has 1 fully saturated rings. The number of hydrogen-bond donors (Lipinski definition) is 1. The molecule has 2 aliphatic rings. The summed E-state index contributed by atoms with van der Waals surface area (Å²) in [6, 6.07) is 4.69. The summed E-state index contributed by atoms with van der Waals surface area (Å²) < 4.78 is 2.38. The van der Waals surface area contributed by atoms with Gasteiger partial charge in [0, 0.05) is 29.2 Å². The van der Waals surface area contributed by atoms with E-state index in [1.807, 2.05) is 18.5 Å². The second-order valence-corrected chi connectivity index (χ2v) is 7.60.